The zero-order valence-electron chi connectivity index (χ0n) is 8.45. The first-order chi connectivity index (χ1) is 7.15. The molecular formula is C11H10FNO2. The fraction of sp³-hybridized carbons (Fsp3) is 0.182. The SMILES string of the molecule is COC(=O)c1cn(C)c2c(F)cccc12. The summed E-state index contributed by atoms with van der Waals surface area (Å²) in [7, 11) is 3.00. The first kappa shape index (κ1) is 9.71. The van der Waals surface area contributed by atoms with Crippen molar-refractivity contribution in [3.05, 3.63) is 35.8 Å². The number of aryl methyl sites for hydroxylation is 1. The molecule has 0 N–H and O–H groups in total. The number of methoxy groups -OCH3 is 1. The maximum atomic E-state index is 13.5. The van der Waals surface area contributed by atoms with Gasteiger partial charge in [-0.2, -0.15) is 0 Å². The second kappa shape index (κ2) is 3.38. The summed E-state index contributed by atoms with van der Waals surface area (Å²) in [6.45, 7) is 0. The van der Waals surface area contributed by atoms with Crippen LogP contribution in [0, 0.1) is 5.82 Å². The Balaban J connectivity index is 2.79. The second-order valence-corrected chi connectivity index (χ2v) is 3.28. The molecule has 1 heterocycles. The van der Waals surface area contributed by atoms with Gasteiger partial charge in [0.2, 0.25) is 0 Å². The zero-order chi connectivity index (χ0) is 11.0. The number of esters is 1. The van der Waals surface area contributed by atoms with Crippen LogP contribution in [0.3, 0.4) is 0 Å². The molecule has 15 heavy (non-hydrogen) atoms. The Hall–Kier alpha value is -1.84. The predicted octanol–water partition coefficient (Wildman–Crippen LogP) is 2.10. The summed E-state index contributed by atoms with van der Waals surface area (Å²) >= 11 is 0. The molecule has 3 nitrogen and oxygen atoms in total. The molecule has 0 saturated carbocycles. The molecule has 78 valence electrons. The summed E-state index contributed by atoms with van der Waals surface area (Å²) < 4.78 is 19.7. The number of fused-ring (bicyclic) bond motifs is 1. The number of benzene rings is 1. The molecule has 2 aromatic rings. The Bertz CT molecular complexity index is 531. The average Bonchev–Trinajstić information content (AvgIpc) is 2.56. The van der Waals surface area contributed by atoms with Crippen LogP contribution in [-0.2, 0) is 11.8 Å². The molecule has 4 heteroatoms. The minimum absolute atomic E-state index is 0.342. The van der Waals surface area contributed by atoms with Gasteiger partial charge in [0.25, 0.3) is 0 Å². The van der Waals surface area contributed by atoms with Crippen LogP contribution in [0.25, 0.3) is 10.9 Å². The van der Waals surface area contributed by atoms with Gasteiger partial charge in [0.05, 0.1) is 18.2 Å². The fourth-order valence-electron chi connectivity index (χ4n) is 1.69. The highest BCUT2D eigenvalue weighted by Gasteiger charge is 2.15. The number of hydrogen-bond acceptors (Lipinski definition) is 2. The van der Waals surface area contributed by atoms with Crippen LogP contribution in [0.2, 0.25) is 0 Å². The number of para-hydroxylation sites is 1. The van der Waals surface area contributed by atoms with E-state index in [0.717, 1.165) is 0 Å². The Morgan fingerprint density at radius 3 is 2.87 bits per heavy atom. The lowest BCUT2D eigenvalue weighted by Gasteiger charge is -1.97. The van der Waals surface area contributed by atoms with Crippen LogP contribution in [0.5, 0.6) is 0 Å². The van der Waals surface area contributed by atoms with Crippen molar-refractivity contribution in [1.82, 2.24) is 4.57 Å². The van der Waals surface area contributed by atoms with Gasteiger partial charge >= 0.3 is 5.97 Å². The van der Waals surface area contributed by atoms with E-state index in [1.54, 1.807) is 29.9 Å². The quantitative estimate of drug-likeness (QED) is 0.670. The highest BCUT2D eigenvalue weighted by atomic mass is 19.1. The molecule has 0 aliphatic carbocycles. The van der Waals surface area contributed by atoms with E-state index in [1.807, 2.05) is 0 Å². The second-order valence-electron chi connectivity index (χ2n) is 3.28. The molecule has 1 aromatic heterocycles. The van der Waals surface area contributed by atoms with Crippen molar-refractivity contribution in [3.8, 4) is 0 Å². The molecule has 0 fully saturated rings. The molecule has 0 unspecified atom stereocenters. The fourth-order valence-corrected chi connectivity index (χ4v) is 1.69. The summed E-state index contributed by atoms with van der Waals surface area (Å²) in [5, 5.41) is 0.573. The molecule has 1 aromatic carbocycles. The third kappa shape index (κ3) is 1.38. The van der Waals surface area contributed by atoms with Crippen LogP contribution in [0.4, 0.5) is 4.39 Å². The Kier molecular flexibility index (Phi) is 2.19. The molecule has 0 spiro atoms. The monoisotopic (exact) mass is 207 g/mol. The van der Waals surface area contributed by atoms with E-state index in [2.05, 4.69) is 4.74 Å². The Morgan fingerprint density at radius 2 is 2.20 bits per heavy atom. The van der Waals surface area contributed by atoms with E-state index in [4.69, 9.17) is 0 Å². The molecule has 0 aliphatic rings. The largest absolute Gasteiger partial charge is 0.465 e. The van der Waals surface area contributed by atoms with Crippen molar-refractivity contribution in [3.63, 3.8) is 0 Å². The molecule has 0 aliphatic heterocycles. The van der Waals surface area contributed by atoms with E-state index >= 15 is 0 Å². The third-order valence-corrected chi connectivity index (χ3v) is 2.36. The molecule has 2 rings (SSSR count). The van der Waals surface area contributed by atoms with E-state index < -0.39 is 5.97 Å². The number of carbonyl (C=O) groups is 1. The lowest BCUT2D eigenvalue weighted by atomic mass is 10.2. The van der Waals surface area contributed by atoms with Gasteiger partial charge in [0.15, 0.2) is 0 Å². The van der Waals surface area contributed by atoms with Crippen LogP contribution >= 0.6 is 0 Å². The lowest BCUT2D eigenvalue weighted by Crippen LogP contribution is -1.99. The summed E-state index contributed by atoms with van der Waals surface area (Å²) in [6.07, 6.45) is 1.57. The zero-order valence-corrected chi connectivity index (χ0v) is 8.45. The van der Waals surface area contributed by atoms with Gasteiger partial charge in [0.1, 0.15) is 5.82 Å². The van der Waals surface area contributed by atoms with Gasteiger partial charge in [-0.15, -0.1) is 0 Å². The first-order valence-corrected chi connectivity index (χ1v) is 4.47. The predicted molar refractivity (Wildman–Crippen MR) is 54.2 cm³/mol. The number of halogens is 1. The van der Waals surface area contributed by atoms with E-state index in [0.29, 0.717) is 16.5 Å². The Labute approximate surface area is 86.1 Å². The summed E-state index contributed by atoms with van der Waals surface area (Å²) in [6, 6.07) is 4.64. The minimum Gasteiger partial charge on any atom is -0.465 e. The summed E-state index contributed by atoms with van der Waals surface area (Å²) in [5.41, 5.74) is 0.799. The number of hydrogen-bond donors (Lipinski definition) is 0. The van der Waals surface area contributed by atoms with Crippen molar-refractivity contribution >= 4 is 16.9 Å². The van der Waals surface area contributed by atoms with Gasteiger partial charge in [-0.3, -0.25) is 0 Å². The summed E-state index contributed by atoms with van der Waals surface area (Å²) in [4.78, 5) is 11.4. The van der Waals surface area contributed by atoms with Gasteiger partial charge in [0, 0.05) is 18.6 Å². The van der Waals surface area contributed by atoms with Crippen LogP contribution in [0.15, 0.2) is 24.4 Å². The molecule has 0 radical (unpaired) electrons. The Morgan fingerprint density at radius 1 is 1.47 bits per heavy atom. The van der Waals surface area contributed by atoms with Gasteiger partial charge in [-0.25, -0.2) is 9.18 Å². The van der Waals surface area contributed by atoms with E-state index in [-0.39, 0.29) is 5.82 Å². The first-order valence-electron chi connectivity index (χ1n) is 4.47. The van der Waals surface area contributed by atoms with Crippen molar-refractivity contribution in [2.75, 3.05) is 7.11 Å². The van der Waals surface area contributed by atoms with Gasteiger partial charge in [-0.05, 0) is 6.07 Å². The standard InChI is InChI=1S/C11H10FNO2/c1-13-6-8(11(14)15-2)7-4-3-5-9(12)10(7)13/h3-6H,1-2H3. The molecule has 0 amide bonds. The van der Waals surface area contributed by atoms with Crippen molar-refractivity contribution < 1.29 is 13.9 Å². The number of nitrogens with zero attached hydrogens (tertiary/aromatic N) is 1. The number of ether oxygens (including phenoxy) is 1. The molecular weight excluding hydrogens is 197 g/mol. The third-order valence-electron chi connectivity index (χ3n) is 2.36. The van der Waals surface area contributed by atoms with Gasteiger partial charge < -0.3 is 9.30 Å². The highest BCUT2D eigenvalue weighted by molar-refractivity contribution is 6.04. The van der Waals surface area contributed by atoms with Gasteiger partial charge in [-0.1, -0.05) is 12.1 Å². The number of carbonyl (C=O) groups excluding carboxylic acids is 1. The van der Waals surface area contributed by atoms with Crippen LogP contribution in [-0.4, -0.2) is 17.6 Å². The van der Waals surface area contributed by atoms with E-state index in [1.165, 1.54) is 13.2 Å². The normalized spacial score (nSPS) is 10.6. The molecule has 0 bridgehead atoms. The van der Waals surface area contributed by atoms with Crippen molar-refractivity contribution in [1.29, 1.82) is 0 Å². The van der Waals surface area contributed by atoms with E-state index in [9.17, 15) is 9.18 Å². The van der Waals surface area contributed by atoms with Crippen LogP contribution in [0.1, 0.15) is 10.4 Å². The molecule has 0 saturated heterocycles. The molecule has 0 atom stereocenters. The smallest absolute Gasteiger partial charge is 0.340 e. The van der Waals surface area contributed by atoms with Crippen molar-refractivity contribution in [2.24, 2.45) is 7.05 Å². The van der Waals surface area contributed by atoms with Crippen LogP contribution < -0.4 is 0 Å². The summed E-state index contributed by atoms with van der Waals surface area (Å²) in [5.74, 6) is -0.795. The maximum Gasteiger partial charge on any atom is 0.340 e. The maximum absolute atomic E-state index is 13.5. The lowest BCUT2D eigenvalue weighted by molar-refractivity contribution is 0.0603. The van der Waals surface area contributed by atoms with Crippen molar-refractivity contribution in [2.45, 2.75) is 0 Å². The topological polar surface area (TPSA) is 31.2 Å². The highest BCUT2D eigenvalue weighted by Crippen LogP contribution is 2.23. The number of rotatable bonds is 1. The minimum atomic E-state index is -0.453. The average molecular weight is 207 g/mol. The number of aromatic nitrogens is 1.